The first-order chi connectivity index (χ1) is 16.4. The average Bonchev–Trinajstić information content (AvgIpc) is 3.54. The lowest BCUT2D eigenvalue weighted by molar-refractivity contribution is -0.137. The molecule has 0 saturated carbocycles. The van der Waals surface area contributed by atoms with E-state index in [1.165, 1.54) is 17.0 Å². The molecular weight excluding hydrogens is 455 g/mol. The second kappa shape index (κ2) is 8.91. The van der Waals surface area contributed by atoms with Crippen molar-refractivity contribution in [2.75, 3.05) is 6.26 Å². The molecule has 34 heavy (non-hydrogen) atoms. The van der Waals surface area contributed by atoms with Crippen LogP contribution >= 0.6 is 11.8 Å². The number of aromatic nitrogens is 3. The van der Waals surface area contributed by atoms with Crippen LogP contribution in [0, 0.1) is 0 Å². The molecule has 0 unspecified atom stereocenters. The third-order valence-electron chi connectivity index (χ3n) is 5.58. The number of benzene rings is 3. The first kappa shape index (κ1) is 22.1. The van der Waals surface area contributed by atoms with E-state index in [0.29, 0.717) is 5.82 Å². The Hall–Kier alpha value is -3.71. The summed E-state index contributed by atoms with van der Waals surface area (Å²) in [7, 11) is 0. The predicted molar refractivity (Wildman–Crippen MR) is 131 cm³/mol. The fraction of sp³-hybridized carbons (Fsp3) is 0.0741. The molecule has 5 rings (SSSR count). The molecule has 0 fully saturated rings. The lowest BCUT2D eigenvalue weighted by Crippen LogP contribution is -2.08. The van der Waals surface area contributed by atoms with Gasteiger partial charge in [-0.2, -0.15) is 13.2 Å². The van der Waals surface area contributed by atoms with E-state index in [2.05, 4.69) is 17.1 Å². The molecule has 0 saturated heterocycles. The number of thioether (sulfide) groups is 1. The van der Waals surface area contributed by atoms with Crippen molar-refractivity contribution in [3.8, 4) is 34.0 Å². The van der Waals surface area contributed by atoms with Crippen molar-refractivity contribution in [3.63, 3.8) is 0 Å². The monoisotopic (exact) mass is 475 g/mol. The smallest absolute Gasteiger partial charge is 0.307 e. The van der Waals surface area contributed by atoms with Crippen LogP contribution < -0.4 is 0 Å². The van der Waals surface area contributed by atoms with Gasteiger partial charge in [0.1, 0.15) is 5.82 Å². The highest BCUT2D eigenvalue weighted by atomic mass is 32.2. The van der Waals surface area contributed by atoms with Crippen molar-refractivity contribution in [2.45, 2.75) is 11.1 Å². The van der Waals surface area contributed by atoms with Crippen molar-refractivity contribution >= 4 is 11.8 Å². The third-order valence-corrected chi connectivity index (χ3v) is 6.31. The SMILES string of the molecule is CSc1cccc(-c2ccc(-n3cc(-n4cccc4)nc3-c3ccccc3C(F)(F)F)cc2)c1. The normalized spacial score (nSPS) is 11.6. The van der Waals surface area contributed by atoms with Gasteiger partial charge in [0.2, 0.25) is 0 Å². The first-order valence-corrected chi connectivity index (χ1v) is 11.8. The Kier molecular flexibility index (Phi) is 5.79. The Morgan fingerprint density at radius 3 is 2.24 bits per heavy atom. The number of hydrogen-bond acceptors (Lipinski definition) is 2. The van der Waals surface area contributed by atoms with Crippen molar-refractivity contribution in [3.05, 3.63) is 109 Å². The van der Waals surface area contributed by atoms with Gasteiger partial charge in [-0.05, 0) is 59.8 Å². The van der Waals surface area contributed by atoms with Crippen molar-refractivity contribution in [2.24, 2.45) is 0 Å². The summed E-state index contributed by atoms with van der Waals surface area (Å²) in [6.45, 7) is 0. The molecule has 170 valence electrons. The maximum atomic E-state index is 13.8. The van der Waals surface area contributed by atoms with Crippen LogP contribution in [0.1, 0.15) is 5.56 Å². The summed E-state index contributed by atoms with van der Waals surface area (Å²) in [5.74, 6) is 0.766. The number of halogens is 3. The molecule has 0 N–H and O–H groups in total. The number of hydrogen-bond donors (Lipinski definition) is 0. The number of imidazole rings is 1. The van der Waals surface area contributed by atoms with Crippen LogP contribution in [-0.4, -0.2) is 20.4 Å². The molecule has 0 bridgehead atoms. The highest BCUT2D eigenvalue weighted by Crippen LogP contribution is 2.38. The molecule has 2 heterocycles. The number of nitrogens with zero attached hydrogens (tertiary/aromatic N) is 3. The summed E-state index contributed by atoms with van der Waals surface area (Å²) in [5.41, 5.74) is 2.15. The first-order valence-electron chi connectivity index (χ1n) is 10.6. The van der Waals surface area contributed by atoms with E-state index in [9.17, 15) is 13.2 Å². The van der Waals surface area contributed by atoms with Crippen LogP contribution in [0.2, 0.25) is 0 Å². The minimum atomic E-state index is -4.49. The van der Waals surface area contributed by atoms with E-state index < -0.39 is 11.7 Å². The van der Waals surface area contributed by atoms with Gasteiger partial charge in [-0.1, -0.05) is 42.5 Å². The zero-order valence-electron chi connectivity index (χ0n) is 18.2. The quantitative estimate of drug-likeness (QED) is 0.243. The van der Waals surface area contributed by atoms with Gasteiger partial charge < -0.3 is 4.57 Å². The average molecular weight is 476 g/mol. The summed E-state index contributed by atoms with van der Waals surface area (Å²) in [4.78, 5) is 5.77. The lowest BCUT2D eigenvalue weighted by Gasteiger charge is -2.14. The van der Waals surface area contributed by atoms with E-state index in [4.69, 9.17) is 0 Å². The summed E-state index contributed by atoms with van der Waals surface area (Å²) in [5, 5.41) is 0. The molecule has 3 aromatic carbocycles. The Morgan fingerprint density at radius 2 is 1.53 bits per heavy atom. The molecular formula is C27H20F3N3S. The largest absolute Gasteiger partial charge is 0.417 e. The Labute approximate surface area is 199 Å². The van der Waals surface area contributed by atoms with Gasteiger partial charge in [-0.3, -0.25) is 4.57 Å². The van der Waals surface area contributed by atoms with Crippen LogP contribution in [0.4, 0.5) is 13.2 Å². The zero-order valence-corrected chi connectivity index (χ0v) is 19.0. The maximum absolute atomic E-state index is 13.8. The predicted octanol–water partition coefficient (Wildman–Crippen LogP) is 7.74. The van der Waals surface area contributed by atoms with E-state index >= 15 is 0 Å². The van der Waals surface area contributed by atoms with Gasteiger partial charge in [-0.15, -0.1) is 11.8 Å². The van der Waals surface area contributed by atoms with Crippen molar-refractivity contribution in [1.82, 2.24) is 14.1 Å². The molecule has 0 amide bonds. The minimum Gasteiger partial charge on any atom is -0.307 e. The molecule has 0 aliphatic rings. The second-order valence-electron chi connectivity index (χ2n) is 7.71. The molecule has 2 aromatic heterocycles. The Morgan fingerprint density at radius 1 is 0.794 bits per heavy atom. The highest BCUT2D eigenvalue weighted by Gasteiger charge is 2.34. The summed E-state index contributed by atoms with van der Waals surface area (Å²) >= 11 is 1.68. The van der Waals surface area contributed by atoms with Crippen LogP contribution in [-0.2, 0) is 6.18 Å². The van der Waals surface area contributed by atoms with Crippen LogP contribution in [0.3, 0.4) is 0 Å². The Bertz CT molecular complexity index is 1420. The van der Waals surface area contributed by atoms with E-state index in [1.54, 1.807) is 33.2 Å². The van der Waals surface area contributed by atoms with Gasteiger partial charge in [0.05, 0.1) is 11.8 Å². The standard InChI is InChI=1S/C27H20F3N3S/c1-34-22-8-6-7-20(17-22)19-11-13-21(14-12-19)33-18-25(32-15-4-5-16-32)31-26(33)23-9-2-3-10-24(23)27(28,29)30/h2-18H,1H3. The van der Waals surface area contributed by atoms with Gasteiger partial charge in [0.15, 0.2) is 5.82 Å². The van der Waals surface area contributed by atoms with E-state index in [-0.39, 0.29) is 11.4 Å². The fourth-order valence-electron chi connectivity index (χ4n) is 3.91. The molecule has 0 aliphatic carbocycles. The van der Waals surface area contributed by atoms with Crippen molar-refractivity contribution in [1.29, 1.82) is 0 Å². The maximum Gasteiger partial charge on any atom is 0.417 e. The molecule has 0 spiro atoms. The zero-order chi connectivity index (χ0) is 23.7. The summed E-state index contributed by atoms with van der Waals surface area (Å²) in [6.07, 6.45) is 2.92. The number of rotatable bonds is 5. The molecule has 7 heteroatoms. The highest BCUT2D eigenvalue weighted by molar-refractivity contribution is 7.98. The summed E-state index contributed by atoms with van der Waals surface area (Å²) < 4.78 is 44.9. The molecule has 5 aromatic rings. The van der Waals surface area contributed by atoms with E-state index in [1.807, 2.05) is 67.2 Å². The lowest BCUT2D eigenvalue weighted by atomic mass is 10.0. The summed E-state index contributed by atoms with van der Waals surface area (Å²) in [6, 6.07) is 25.2. The molecule has 3 nitrogen and oxygen atoms in total. The van der Waals surface area contributed by atoms with Crippen LogP contribution in [0.25, 0.3) is 34.0 Å². The van der Waals surface area contributed by atoms with Gasteiger partial charge in [0, 0.05) is 28.5 Å². The molecule has 0 aliphatic heterocycles. The second-order valence-corrected chi connectivity index (χ2v) is 8.58. The Balaban J connectivity index is 1.63. The van der Waals surface area contributed by atoms with Gasteiger partial charge >= 0.3 is 6.18 Å². The van der Waals surface area contributed by atoms with Crippen molar-refractivity contribution < 1.29 is 13.2 Å². The van der Waals surface area contributed by atoms with Crippen LogP contribution in [0.15, 0.2) is 108 Å². The fourth-order valence-corrected chi connectivity index (χ4v) is 4.37. The molecule has 0 radical (unpaired) electrons. The topological polar surface area (TPSA) is 22.8 Å². The number of alkyl halides is 3. The van der Waals surface area contributed by atoms with E-state index in [0.717, 1.165) is 22.9 Å². The minimum absolute atomic E-state index is 0.0326. The van der Waals surface area contributed by atoms with Gasteiger partial charge in [0.25, 0.3) is 0 Å². The van der Waals surface area contributed by atoms with Gasteiger partial charge in [-0.25, -0.2) is 4.98 Å². The third kappa shape index (κ3) is 4.26. The van der Waals surface area contributed by atoms with Crippen LogP contribution in [0.5, 0.6) is 0 Å². The molecule has 0 atom stereocenters.